The highest BCUT2D eigenvalue weighted by Crippen LogP contribution is 2.35. The highest BCUT2D eigenvalue weighted by atomic mass is 32.2. The van der Waals surface area contributed by atoms with E-state index in [4.69, 9.17) is 9.47 Å². The van der Waals surface area contributed by atoms with E-state index in [1.165, 1.54) is 37.6 Å². The van der Waals surface area contributed by atoms with Gasteiger partial charge < -0.3 is 14.8 Å². The van der Waals surface area contributed by atoms with E-state index in [0.717, 1.165) is 17.7 Å². The van der Waals surface area contributed by atoms with E-state index in [-0.39, 0.29) is 17.6 Å². The molecule has 1 aromatic carbocycles. The fraction of sp³-hybridized carbons (Fsp3) is 0.429. The fourth-order valence-corrected chi connectivity index (χ4v) is 4.35. The molecule has 4 amide bonds. The Balaban J connectivity index is 1.54. The van der Waals surface area contributed by atoms with Gasteiger partial charge in [-0.05, 0) is 25.0 Å². The number of methoxy groups -OCH3 is 2. The van der Waals surface area contributed by atoms with Gasteiger partial charge in [0.15, 0.2) is 5.92 Å². The number of rotatable bonds is 6. The Morgan fingerprint density at radius 2 is 2.00 bits per heavy atom. The molecule has 3 aliphatic rings. The molecule has 2 aliphatic heterocycles. The molecule has 0 spiro atoms. The summed E-state index contributed by atoms with van der Waals surface area (Å²) in [5, 5.41) is 3.29. The van der Waals surface area contributed by atoms with Crippen molar-refractivity contribution in [3.63, 3.8) is 0 Å². The molecule has 32 heavy (non-hydrogen) atoms. The number of amidine groups is 2. The van der Waals surface area contributed by atoms with Crippen LogP contribution < -0.4 is 14.8 Å². The van der Waals surface area contributed by atoms with Crippen LogP contribution in [0.5, 0.6) is 11.5 Å². The average molecular weight is 459 g/mol. The lowest BCUT2D eigenvalue weighted by Gasteiger charge is -2.26. The SMILES string of the molecule is COc1ccc(OC)c(NC(=O)CSC2=NC(C3CC3)=NC3=[N+](C)C(=O)N(C)C(=O)C23)c1. The van der Waals surface area contributed by atoms with Crippen LogP contribution in [-0.2, 0) is 9.59 Å². The molecule has 1 unspecified atom stereocenters. The maximum absolute atomic E-state index is 12.9. The van der Waals surface area contributed by atoms with Crippen LogP contribution in [0.15, 0.2) is 28.2 Å². The summed E-state index contributed by atoms with van der Waals surface area (Å²) in [6.45, 7) is 0. The van der Waals surface area contributed by atoms with E-state index in [1.807, 2.05) is 0 Å². The predicted octanol–water partition coefficient (Wildman–Crippen LogP) is 1.85. The monoisotopic (exact) mass is 458 g/mol. The summed E-state index contributed by atoms with van der Waals surface area (Å²) in [6.07, 6.45) is 1.94. The van der Waals surface area contributed by atoms with Gasteiger partial charge >= 0.3 is 11.9 Å². The van der Waals surface area contributed by atoms with Crippen molar-refractivity contribution < 1.29 is 28.4 Å². The Kier molecular flexibility index (Phi) is 6.00. The molecule has 1 saturated carbocycles. The van der Waals surface area contributed by atoms with Gasteiger partial charge in [0.05, 0.1) is 39.8 Å². The molecule has 0 aromatic heterocycles. The molecule has 10 nitrogen and oxygen atoms in total. The quantitative estimate of drug-likeness (QED) is 0.651. The van der Waals surface area contributed by atoms with Gasteiger partial charge in [0.2, 0.25) is 11.7 Å². The Bertz CT molecular complexity index is 1090. The summed E-state index contributed by atoms with van der Waals surface area (Å²) >= 11 is 1.17. The molecular formula is C21H24N5O5S+. The second kappa shape index (κ2) is 8.73. The molecule has 168 valence electrons. The molecule has 0 saturated heterocycles. The first-order chi connectivity index (χ1) is 15.3. The molecule has 1 aliphatic carbocycles. The van der Waals surface area contributed by atoms with Crippen molar-refractivity contribution in [1.29, 1.82) is 0 Å². The molecule has 0 radical (unpaired) electrons. The van der Waals surface area contributed by atoms with E-state index in [2.05, 4.69) is 15.3 Å². The summed E-state index contributed by atoms with van der Waals surface area (Å²) < 4.78 is 11.9. The number of benzene rings is 1. The zero-order chi connectivity index (χ0) is 23.0. The summed E-state index contributed by atoms with van der Waals surface area (Å²) in [7, 11) is 6.08. The second-order valence-corrected chi connectivity index (χ2v) is 8.62. The van der Waals surface area contributed by atoms with Crippen molar-refractivity contribution in [1.82, 2.24) is 4.90 Å². The number of fused-ring (bicyclic) bond motifs is 1. The zero-order valence-corrected chi connectivity index (χ0v) is 19.1. The van der Waals surface area contributed by atoms with Crippen LogP contribution in [0.4, 0.5) is 10.5 Å². The Morgan fingerprint density at radius 1 is 1.25 bits per heavy atom. The number of urea groups is 1. The third-order valence-corrected chi connectivity index (χ3v) is 6.46. The van der Waals surface area contributed by atoms with E-state index in [1.54, 1.807) is 25.2 Å². The lowest BCUT2D eigenvalue weighted by atomic mass is 10.0. The number of hydrogen-bond acceptors (Lipinski definition) is 8. The zero-order valence-electron chi connectivity index (χ0n) is 18.2. The van der Waals surface area contributed by atoms with Gasteiger partial charge in [-0.3, -0.25) is 9.59 Å². The summed E-state index contributed by atoms with van der Waals surface area (Å²) in [5.74, 6) is 0.834. The van der Waals surface area contributed by atoms with Crippen molar-refractivity contribution in [2.24, 2.45) is 21.8 Å². The largest absolute Gasteiger partial charge is 0.497 e. The number of hydrogen-bond donors (Lipinski definition) is 1. The maximum atomic E-state index is 12.9. The maximum Gasteiger partial charge on any atom is 0.445 e. The number of thioether (sulfide) groups is 1. The minimum atomic E-state index is -0.797. The minimum Gasteiger partial charge on any atom is -0.497 e. The first-order valence-electron chi connectivity index (χ1n) is 10.1. The van der Waals surface area contributed by atoms with Crippen LogP contribution in [0.3, 0.4) is 0 Å². The number of nitrogens with one attached hydrogen (secondary N) is 1. The van der Waals surface area contributed by atoms with Gasteiger partial charge in [-0.25, -0.2) is 9.79 Å². The number of anilines is 1. The standard InChI is InChI=1S/C21H23N5O5S/c1-25-18-16(20(28)26(2)21(25)29)19(24-17(23-18)11-5-6-11)32-10-15(27)22-13-9-12(30-3)7-8-14(13)31-4/h7-9,11,16H,5-6,10H2,1-4H3/p+1. The topological polar surface area (TPSA) is 113 Å². The smallest absolute Gasteiger partial charge is 0.445 e. The van der Waals surface area contributed by atoms with E-state index < -0.39 is 17.9 Å². The second-order valence-electron chi connectivity index (χ2n) is 7.63. The van der Waals surface area contributed by atoms with Crippen LogP contribution >= 0.6 is 11.8 Å². The number of amides is 4. The third-order valence-electron chi connectivity index (χ3n) is 5.43. The van der Waals surface area contributed by atoms with Crippen LogP contribution in [0.2, 0.25) is 0 Å². The summed E-state index contributed by atoms with van der Waals surface area (Å²) in [6, 6.07) is 4.67. The number of carbonyl (C=O) groups excluding carboxylic acids is 3. The molecule has 4 rings (SSSR count). The number of nitrogens with zero attached hydrogens (tertiary/aromatic N) is 4. The van der Waals surface area contributed by atoms with Gasteiger partial charge in [-0.2, -0.15) is 9.48 Å². The van der Waals surface area contributed by atoms with Crippen molar-refractivity contribution in [2.45, 2.75) is 12.8 Å². The van der Waals surface area contributed by atoms with E-state index >= 15 is 0 Å². The van der Waals surface area contributed by atoms with Crippen molar-refractivity contribution in [3.05, 3.63) is 18.2 Å². The molecule has 1 atom stereocenters. The fourth-order valence-electron chi connectivity index (χ4n) is 3.47. The Morgan fingerprint density at radius 3 is 2.66 bits per heavy atom. The first kappa shape index (κ1) is 22.0. The highest BCUT2D eigenvalue weighted by Gasteiger charge is 2.50. The van der Waals surface area contributed by atoms with Crippen LogP contribution in [0.1, 0.15) is 12.8 Å². The number of ether oxygens (including phenoxy) is 2. The first-order valence-corrected chi connectivity index (χ1v) is 11.1. The summed E-state index contributed by atoms with van der Waals surface area (Å²) in [5.41, 5.74) is 0.481. The average Bonchev–Trinajstić information content (AvgIpc) is 3.65. The number of aliphatic imine (C=N–C) groups is 2. The number of imide groups is 1. The molecule has 0 bridgehead atoms. The molecule has 1 N–H and O–H groups in total. The highest BCUT2D eigenvalue weighted by molar-refractivity contribution is 8.14. The Labute approximate surface area is 189 Å². The minimum absolute atomic E-state index is 0.0234. The lowest BCUT2D eigenvalue weighted by Crippen LogP contribution is -2.54. The van der Waals surface area contributed by atoms with Crippen LogP contribution in [0.25, 0.3) is 0 Å². The van der Waals surface area contributed by atoms with Gasteiger partial charge in [0.1, 0.15) is 16.5 Å². The van der Waals surface area contributed by atoms with Crippen molar-refractivity contribution >= 4 is 52.0 Å². The lowest BCUT2D eigenvalue weighted by molar-refractivity contribution is -0.407. The Hall–Kier alpha value is -3.21. The van der Waals surface area contributed by atoms with Gasteiger partial charge in [-0.1, -0.05) is 16.8 Å². The number of carbonyl (C=O) groups is 3. The van der Waals surface area contributed by atoms with Crippen LogP contribution in [0, 0.1) is 11.8 Å². The molecular weight excluding hydrogens is 434 g/mol. The van der Waals surface area contributed by atoms with E-state index in [0.29, 0.717) is 33.9 Å². The molecule has 2 heterocycles. The summed E-state index contributed by atoms with van der Waals surface area (Å²) in [4.78, 5) is 48.1. The van der Waals surface area contributed by atoms with Gasteiger partial charge in [-0.15, -0.1) is 0 Å². The van der Waals surface area contributed by atoms with Crippen molar-refractivity contribution in [3.8, 4) is 11.5 Å². The molecule has 1 fully saturated rings. The molecule has 11 heteroatoms. The van der Waals surface area contributed by atoms with Crippen LogP contribution in [-0.4, -0.2) is 78.1 Å². The van der Waals surface area contributed by atoms with Gasteiger partial charge in [0, 0.05) is 12.0 Å². The van der Waals surface area contributed by atoms with E-state index in [9.17, 15) is 14.4 Å². The normalized spacial score (nSPS) is 20.5. The molecule has 1 aromatic rings. The third kappa shape index (κ3) is 4.12. The van der Waals surface area contributed by atoms with Crippen molar-refractivity contribution in [2.75, 3.05) is 39.4 Å². The predicted molar refractivity (Wildman–Crippen MR) is 121 cm³/mol. The van der Waals surface area contributed by atoms with Gasteiger partial charge in [0.25, 0.3) is 5.84 Å².